The molecule has 5 aromatic rings. The number of fused-ring (bicyclic) bond motifs is 4. The van der Waals surface area contributed by atoms with Crippen LogP contribution in [0.1, 0.15) is 90.8 Å². The zero-order valence-electron chi connectivity index (χ0n) is 30.6. The van der Waals surface area contributed by atoms with Crippen molar-refractivity contribution < 1.29 is 30.0 Å². The quantitative estimate of drug-likeness (QED) is 0.0912. The fraction of sp³-hybridized carbons (Fsp3) is 0.356. The summed E-state index contributed by atoms with van der Waals surface area (Å²) in [6.07, 6.45) is 10.8. The van der Waals surface area contributed by atoms with Crippen LogP contribution in [0.2, 0.25) is 0 Å². The van der Waals surface area contributed by atoms with Crippen molar-refractivity contribution in [2.24, 2.45) is 11.8 Å². The molecule has 0 spiro atoms. The number of carbonyl (C=O) groups excluding carboxylic acids is 1. The molecular formula is C45H51IrN2O2-. The van der Waals surface area contributed by atoms with Crippen molar-refractivity contribution in [2.75, 3.05) is 0 Å². The first kappa shape index (κ1) is 38.9. The van der Waals surface area contributed by atoms with E-state index in [2.05, 4.69) is 93.6 Å². The molecule has 2 aromatic heterocycles. The van der Waals surface area contributed by atoms with Crippen LogP contribution in [0.25, 0.3) is 44.4 Å². The Labute approximate surface area is 312 Å². The number of pyridine rings is 2. The monoisotopic (exact) mass is 844 g/mol. The van der Waals surface area contributed by atoms with Crippen LogP contribution in [-0.2, 0) is 43.2 Å². The standard InChI is InChI=1S/C32H27N2.C13H24O2.Ir/c1-32(2,3)29-18-24(17-22-11-7-8-12-25(22)29)31-27-14-13-23-19-30(21-9-5-4-6-10-21)34-20-28(23)26(27)15-16-33-31;1-5-10(6-2)12(14)9-13(15)11(7-3)8-4;/h4-12,15-16,18-20H,13-14H2,1-3H3;9-11,14H,5-8H2,1-4H3;/q-1;;/b;12-9-;. The first-order valence-electron chi connectivity index (χ1n) is 18.0. The number of aliphatic hydroxyl groups is 1. The molecule has 4 nitrogen and oxygen atoms in total. The van der Waals surface area contributed by atoms with Gasteiger partial charge in [-0.05, 0) is 72.8 Å². The molecule has 0 bridgehead atoms. The number of rotatable bonds is 9. The SMILES string of the molecule is CC(C)(C)c1cc(-c2nccc3c2CCc2cc(-c4ccccc4)ncc2-3)[c-]c2ccccc12.CCC(CC)C(=O)/C=C(\O)C(CC)CC.[Ir]. The van der Waals surface area contributed by atoms with E-state index >= 15 is 0 Å². The molecule has 0 fully saturated rings. The Kier molecular flexibility index (Phi) is 13.5. The van der Waals surface area contributed by atoms with Crippen LogP contribution in [0.15, 0.2) is 97.0 Å². The third-order valence-electron chi connectivity index (χ3n) is 9.97. The van der Waals surface area contributed by atoms with Gasteiger partial charge in [0.1, 0.15) is 0 Å². The van der Waals surface area contributed by atoms with Gasteiger partial charge >= 0.3 is 0 Å². The number of hydrogen-bond donors (Lipinski definition) is 1. The zero-order valence-corrected chi connectivity index (χ0v) is 33.0. The van der Waals surface area contributed by atoms with E-state index in [0.717, 1.165) is 66.4 Å². The molecule has 1 aliphatic rings. The fourth-order valence-corrected chi connectivity index (χ4v) is 6.96. The van der Waals surface area contributed by atoms with Gasteiger partial charge in [0.05, 0.1) is 11.5 Å². The van der Waals surface area contributed by atoms with Crippen molar-refractivity contribution in [3.8, 4) is 33.6 Å². The topological polar surface area (TPSA) is 63.1 Å². The van der Waals surface area contributed by atoms with Gasteiger partial charge in [-0.3, -0.25) is 14.8 Å². The minimum Gasteiger partial charge on any atom is -0.512 e. The Hall–Kier alpha value is -3.92. The molecule has 1 N–H and O–H groups in total. The number of benzene rings is 3. The van der Waals surface area contributed by atoms with Gasteiger partial charge in [-0.25, -0.2) is 0 Å². The maximum absolute atomic E-state index is 11.7. The van der Waals surface area contributed by atoms with Crippen LogP contribution >= 0.6 is 0 Å². The number of carbonyl (C=O) groups is 1. The van der Waals surface area contributed by atoms with Crippen molar-refractivity contribution in [3.63, 3.8) is 0 Å². The van der Waals surface area contributed by atoms with E-state index < -0.39 is 0 Å². The summed E-state index contributed by atoms with van der Waals surface area (Å²) in [5, 5.41) is 12.2. The Morgan fingerprint density at radius 1 is 0.840 bits per heavy atom. The molecule has 6 rings (SSSR count). The van der Waals surface area contributed by atoms with Crippen molar-refractivity contribution in [1.82, 2.24) is 9.97 Å². The van der Waals surface area contributed by atoms with Gasteiger partial charge in [0, 0.05) is 67.2 Å². The molecule has 5 heteroatoms. The summed E-state index contributed by atoms with van der Waals surface area (Å²) in [7, 11) is 0. The molecule has 0 saturated heterocycles. The van der Waals surface area contributed by atoms with E-state index in [-0.39, 0.29) is 48.9 Å². The van der Waals surface area contributed by atoms with Crippen LogP contribution in [-0.4, -0.2) is 20.9 Å². The van der Waals surface area contributed by atoms with Crippen LogP contribution in [0.5, 0.6) is 0 Å². The van der Waals surface area contributed by atoms with Gasteiger partial charge in [0.25, 0.3) is 0 Å². The first-order chi connectivity index (χ1) is 23.6. The zero-order chi connectivity index (χ0) is 35.1. The van der Waals surface area contributed by atoms with E-state index in [0.29, 0.717) is 0 Å². The number of nitrogens with zero attached hydrogens (tertiary/aromatic N) is 2. The van der Waals surface area contributed by atoms with Crippen molar-refractivity contribution >= 4 is 16.6 Å². The minimum absolute atomic E-state index is 0. The third-order valence-corrected chi connectivity index (χ3v) is 9.97. The molecule has 0 aliphatic heterocycles. The summed E-state index contributed by atoms with van der Waals surface area (Å²) in [6.45, 7) is 14.9. The molecule has 0 saturated carbocycles. The van der Waals surface area contributed by atoms with Gasteiger partial charge in [0.2, 0.25) is 0 Å². The summed E-state index contributed by atoms with van der Waals surface area (Å²) in [5.74, 6) is 0.547. The summed E-state index contributed by atoms with van der Waals surface area (Å²) < 4.78 is 0. The Morgan fingerprint density at radius 2 is 1.50 bits per heavy atom. The normalized spacial score (nSPS) is 12.5. The van der Waals surface area contributed by atoms with Gasteiger partial charge < -0.3 is 5.11 Å². The largest absolute Gasteiger partial charge is 0.512 e. The average Bonchev–Trinajstić information content (AvgIpc) is 3.11. The second kappa shape index (κ2) is 17.3. The van der Waals surface area contributed by atoms with E-state index in [9.17, 15) is 9.90 Å². The molecule has 0 atom stereocenters. The maximum atomic E-state index is 11.7. The Morgan fingerprint density at radius 3 is 2.16 bits per heavy atom. The van der Waals surface area contributed by atoms with Crippen LogP contribution in [0, 0.1) is 17.9 Å². The van der Waals surface area contributed by atoms with Crippen LogP contribution in [0.4, 0.5) is 0 Å². The van der Waals surface area contributed by atoms with Crippen molar-refractivity contribution in [1.29, 1.82) is 0 Å². The summed E-state index contributed by atoms with van der Waals surface area (Å²) in [5.41, 5.74) is 10.8. The number of aliphatic hydroxyl groups excluding tert-OH is 1. The van der Waals surface area contributed by atoms with Crippen LogP contribution < -0.4 is 0 Å². The van der Waals surface area contributed by atoms with E-state index in [4.69, 9.17) is 9.97 Å². The fourth-order valence-electron chi connectivity index (χ4n) is 6.96. The molecule has 3 aromatic carbocycles. The molecule has 263 valence electrons. The van der Waals surface area contributed by atoms with E-state index in [1.54, 1.807) is 0 Å². The predicted octanol–water partition coefficient (Wildman–Crippen LogP) is 11.7. The minimum atomic E-state index is 0. The third kappa shape index (κ3) is 8.68. The van der Waals surface area contributed by atoms with Gasteiger partial charge in [0.15, 0.2) is 5.78 Å². The summed E-state index contributed by atoms with van der Waals surface area (Å²) in [6, 6.07) is 29.4. The number of ketones is 1. The molecular weight excluding hydrogens is 793 g/mol. The summed E-state index contributed by atoms with van der Waals surface area (Å²) in [4.78, 5) is 21.4. The van der Waals surface area contributed by atoms with Gasteiger partial charge in [-0.1, -0.05) is 108 Å². The van der Waals surface area contributed by atoms with Crippen molar-refractivity contribution in [2.45, 2.75) is 92.4 Å². The second-order valence-corrected chi connectivity index (χ2v) is 14.2. The smallest absolute Gasteiger partial charge is 0.162 e. The predicted molar refractivity (Wildman–Crippen MR) is 205 cm³/mol. The Balaban J connectivity index is 0.000000301. The van der Waals surface area contributed by atoms with Gasteiger partial charge in [-0.15, -0.1) is 29.1 Å². The average molecular weight is 844 g/mol. The number of allylic oxidation sites excluding steroid dienone is 2. The maximum Gasteiger partial charge on any atom is 0.162 e. The number of aromatic nitrogens is 2. The van der Waals surface area contributed by atoms with Crippen molar-refractivity contribution in [3.05, 3.63) is 120 Å². The molecule has 1 aliphatic carbocycles. The van der Waals surface area contributed by atoms with Gasteiger partial charge in [-0.2, -0.15) is 0 Å². The Bertz CT molecular complexity index is 1930. The number of hydrogen-bond acceptors (Lipinski definition) is 4. The van der Waals surface area contributed by atoms with E-state index in [1.165, 1.54) is 39.3 Å². The molecule has 2 heterocycles. The van der Waals surface area contributed by atoms with Crippen LogP contribution in [0.3, 0.4) is 0 Å². The second-order valence-electron chi connectivity index (χ2n) is 14.2. The number of aryl methyl sites for hydroxylation is 1. The molecule has 1 radical (unpaired) electrons. The molecule has 50 heavy (non-hydrogen) atoms. The molecule has 0 amide bonds. The summed E-state index contributed by atoms with van der Waals surface area (Å²) >= 11 is 0. The first-order valence-corrected chi connectivity index (χ1v) is 18.0. The molecule has 0 unspecified atom stereocenters. The van der Waals surface area contributed by atoms with E-state index in [1.807, 2.05) is 46.2 Å².